The summed E-state index contributed by atoms with van der Waals surface area (Å²) in [5.74, 6) is 0.465. The molecule has 0 spiro atoms. The Morgan fingerprint density at radius 2 is 1.85 bits per heavy atom. The molecule has 0 radical (unpaired) electrons. The van der Waals surface area contributed by atoms with Crippen molar-refractivity contribution in [3.8, 4) is 0 Å². The summed E-state index contributed by atoms with van der Waals surface area (Å²) in [6.07, 6.45) is 0. The third-order valence-corrected chi connectivity index (χ3v) is 2.17. The van der Waals surface area contributed by atoms with Crippen LogP contribution in [0, 0.1) is 5.41 Å². The molecule has 1 heterocycles. The van der Waals surface area contributed by atoms with E-state index in [1.807, 2.05) is 0 Å². The summed E-state index contributed by atoms with van der Waals surface area (Å²) >= 11 is 0. The molecule has 1 atom stereocenters. The van der Waals surface area contributed by atoms with Crippen LogP contribution < -0.4 is 0 Å². The average Bonchev–Trinajstić information content (AvgIpc) is 2.28. The van der Waals surface area contributed by atoms with Gasteiger partial charge in [0, 0.05) is 0 Å². The Balaban J connectivity index is 2.76. The molecule has 13 heavy (non-hydrogen) atoms. The molecule has 0 aromatic rings. The second-order valence-corrected chi connectivity index (χ2v) is 5.19. The smallest absolute Gasteiger partial charge is 0.216 e. The minimum Gasteiger partial charge on any atom is -0.477 e. The predicted octanol–water partition coefficient (Wildman–Crippen LogP) is 1.60. The van der Waals surface area contributed by atoms with E-state index in [0.717, 1.165) is 0 Å². The first-order valence-corrected chi connectivity index (χ1v) is 4.65. The minimum atomic E-state index is -0.944. The van der Waals surface area contributed by atoms with Crippen molar-refractivity contribution < 1.29 is 9.84 Å². The fourth-order valence-electron chi connectivity index (χ4n) is 1.15. The molecule has 0 amide bonds. The van der Waals surface area contributed by atoms with E-state index in [-0.39, 0.29) is 11.5 Å². The normalized spacial score (nSPS) is 24.2. The SMILES string of the molecule is CC(C)(O)C1=N[C@@H](C(C)(C)C)CO1. The fourth-order valence-corrected chi connectivity index (χ4v) is 1.15. The van der Waals surface area contributed by atoms with Gasteiger partial charge >= 0.3 is 0 Å². The highest BCUT2D eigenvalue weighted by Gasteiger charge is 2.35. The van der Waals surface area contributed by atoms with Crippen molar-refractivity contribution >= 4 is 5.90 Å². The van der Waals surface area contributed by atoms with Crippen LogP contribution in [0.3, 0.4) is 0 Å². The number of hydrogen-bond donors (Lipinski definition) is 1. The molecule has 0 aromatic heterocycles. The lowest BCUT2D eigenvalue weighted by molar-refractivity contribution is 0.118. The first kappa shape index (κ1) is 10.5. The van der Waals surface area contributed by atoms with Gasteiger partial charge in [-0.3, -0.25) is 0 Å². The maximum Gasteiger partial charge on any atom is 0.216 e. The molecule has 1 rings (SSSR count). The largest absolute Gasteiger partial charge is 0.477 e. The van der Waals surface area contributed by atoms with Crippen molar-refractivity contribution in [3.63, 3.8) is 0 Å². The van der Waals surface area contributed by atoms with Gasteiger partial charge < -0.3 is 9.84 Å². The highest BCUT2D eigenvalue weighted by atomic mass is 16.5. The zero-order chi connectivity index (χ0) is 10.3. The lowest BCUT2D eigenvalue weighted by Gasteiger charge is -2.22. The molecular weight excluding hydrogens is 166 g/mol. The number of hydrogen-bond acceptors (Lipinski definition) is 3. The Kier molecular flexibility index (Phi) is 2.41. The highest BCUT2D eigenvalue weighted by Crippen LogP contribution is 2.27. The van der Waals surface area contributed by atoms with Gasteiger partial charge in [0.1, 0.15) is 12.2 Å². The van der Waals surface area contributed by atoms with Crippen LogP contribution in [0.4, 0.5) is 0 Å². The van der Waals surface area contributed by atoms with E-state index in [9.17, 15) is 5.11 Å². The third kappa shape index (κ3) is 2.44. The van der Waals surface area contributed by atoms with Gasteiger partial charge in [0.15, 0.2) is 0 Å². The van der Waals surface area contributed by atoms with Crippen LogP contribution in [0.25, 0.3) is 0 Å². The summed E-state index contributed by atoms with van der Waals surface area (Å²) in [4.78, 5) is 4.38. The number of rotatable bonds is 1. The molecule has 76 valence electrons. The molecule has 0 unspecified atom stereocenters. The van der Waals surface area contributed by atoms with Crippen LogP contribution in [0.2, 0.25) is 0 Å². The summed E-state index contributed by atoms with van der Waals surface area (Å²) in [5, 5.41) is 9.65. The Labute approximate surface area is 79.8 Å². The second kappa shape index (κ2) is 2.98. The van der Waals surface area contributed by atoms with Crippen LogP contribution in [0.1, 0.15) is 34.6 Å². The zero-order valence-electron chi connectivity index (χ0n) is 9.09. The van der Waals surface area contributed by atoms with E-state index in [0.29, 0.717) is 12.5 Å². The summed E-state index contributed by atoms with van der Waals surface area (Å²) in [6, 6.07) is 0.161. The third-order valence-electron chi connectivity index (χ3n) is 2.17. The molecule has 3 heteroatoms. The second-order valence-electron chi connectivity index (χ2n) is 5.19. The molecule has 0 fully saturated rings. The quantitative estimate of drug-likeness (QED) is 0.674. The van der Waals surface area contributed by atoms with Crippen LogP contribution in [0.5, 0.6) is 0 Å². The predicted molar refractivity (Wildman–Crippen MR) is 52.9 cm³/mol. The average molecular weight is 185 g/mol. The summed E-state index contributed by atoms with van der Waals surface area (Å²) < 4.78 is 5.36. The van der Waals surface area contributed by atoms with Gasteiger partial charge in [-0.1, -0.05) is 20.8 Å². The number of ether oxygens (including phenoxy) is 1. The van der Waals surface area contributed by atoms with Crippen molar-refractivity contribution in [2.75, 3.05) is 6.61 Å². The van der Waals surface area contributed by atoms with Crippen molar-refractivity contribution in [1.82, 2.24) is 0 Å². The van der Waals surface area contributed by atoms with Crippen molar-refractivity contribution in [2.45, 2.75) is 46.3 Å². The van der Waals surface area contributed by atoms with Crippen LogP contribution in [-0.2, 0) is 4.74 Å². The fraction of sp³-hybridized carbons (Fsp3) is 0.900. The van der Waals surface area contributed by atoms with E-state index in [4.69, 9.17) is 4.74 Å². The Morgan fingerprint density at radius 1 is 1.31 bits per heavy atom. The molecule has 0 saturated heterocycles. The summed E-state index contributed by atoms with van der Waals surface area (Å²) in [6.45, 7) is 10.3. The van der Waals surface area contributed by atoms with Crippen molar-refractivity contribution in [2.24, 2.45) is 10.4 Å². The Bertz CT molecular complexity index is 220. The van der Waals surface area contributed by atoms with Gasteiger partial charge in [0.25, 0.3) is 0 Å². The van der Waals surface area contributed by atoms with Gasteiger partial charge in [-0.2, -0.15) is 0 Å². The first-order chi connectivity index (χ1) is 5.71. The van der Waals surface area contributed by atoms with Crippen LogP contribution in [0.15, 0.2) is 4.99 Å². The molecule has 0 aliphatic carbocycles. The molecule has 0 aromatic carbocycles. The summed E-state index contributed by atoms with van der Waals surface area (Å²) in [5.41, 5.74) is -0.840. The lowest BCUT2D eigenvalue weighted by atomic mass is 9.88. The molecular formula is C10H19NO2. The number of aliphatic hydroxyl groups is 1. The highest BCUT2D eigenvalue weighted by molar-refractivity contribution is 5.85. The monoisotopic (exact) mass is 185 g/mol. The maximum atomic E-state index is 9.65. The minimum absolute atomic E-state index is 0.104. The van der Waals surface area contributed by atoms with E-state index in [1.165, 1.54) is 0 Å². The van der Waals surface area contributed by atoms with E-state index in [1.54, 1.807) is 13.8 Å². The number of nitrogens with zero attached hydrogens (tertiary/aromatic N) is 1. The van der Waals surface area contributed by atoms with Gasteiger partial charge in [0.05, 0.1) is 6.04 Å². The molecule has 0 bridgehead atoms. The van der Waals surface area contributed by atoms with E-state index in [2.05, 4.69) is 25.8 Å². The number of aliphatic imine (C=N–C) groups is 1. The van der Waals surface area contributed by atoms with E-state index < -0.39 is 5.60 Å². The first-order valence-electron chi connectivity index (χ1n) is 4.65. The Hall–Kier alpha value is -0.570. The molecule has 1 aliphatic rings. The summed E-state index contributed by atoms with van der Waals surface area (Å²) in [7, 11) is 0. The van der Waals surface area contributed by atoms with Gasteiger partial charge in [-0.15, -0.1) is 0 Å². The van der Waals surface area contributed by atoms with Gasteiger partial charge in [0.2, 0.25) is 5.90 Å². The maximum absolute atomic E-state index is 9.65. The molecule has 3 nitrogen and oxygen atoms in total. The van der Waals surface area contributed by atoms with Gasteiger partial charge in [-0.25, -0.2) is 4.99 Å². The standard InChI is InChI=1S/C10H19NO2/c1-9(2,3)7-6-13-8(11-7)10(4,5)12/h7,12H,6H2,1-5H3/t7-/m1/s1. The molecule has 1 N–H and O–H groups in total. The Morgan fingerprint density at radius 3 is 2.08 bits per heavy atom. The topological polar surface area (TPSA) is 41.8 Å². The lowest BCUT2D eigenvalue weighted by Crippen LogP contribution is -2.31. The van der Waals surface area contributed by atoms with Crippen molar-refractivity contribution in [3.05, 3.63) is 0 Å². The van der Waals surface area contributed by atoms with Crippen LogP contribution >= 0.6 is 0 Å². The van der Waals surface area contributed by atoms with Gasteiger partial charge in [-0.05, 0) is 19.3 Å². The van der Waals surface area contributed by atoms with Crippen LogP contribution in [-0.4, -0.2) is 29.3 Å². The molecule has 0 saturated carbocycles. The molecule has 1 aliphatic heterocycles. The van der Waals surface area contributed by atoms with E-state index >= 15 is 0 Å². The van der Waals surface area contributed by atoms with Crippen molar-refractivity contribution in [1.29, 1.82) is 0 Å². The zero-order valence-corrected chi connectivity index (χ0v) is 9.09.